The summed E-state index contributed by atoms with van der Waals surface area (Å²) in [7, 11) is 1.53. The fourth-order valence-electron chi connectivity index (χ4n) is 3.16. The number of thiophene rings is 1. The molecule has 2 amide bonds. The molecule has 29 heavy (non-hydrogen) atoms. The van der Waals surface area contributed by atoms with E-state index in [-0.39, 0.29) is 17.4 Å². The molecule has 0 fully saturated rings. The summed E-state index contributed by atoms with van der Waals surface area (Å²) in [4.78, 5) is 26.9. The van der Waals surface area contributed by atoms with E-state index < -0.39 is 0 Å². The van der Waals surface area contributed by atoms with E-state index in [1.165, 1.54) is 35.8 Å². The van der Waals surface area contributed by atoms with Crippen molar-refractivity contribution in [1.82, 2.24) is 15.2 Å². The van der Waals surface area contributed by atoms with Gasteiger partial charge in [-0.25, -0.2) is 4.79 Å². The third-order valence-corrected chi connectivity index (χ3v) is 5.86. The SMILES string of the molecule is CCCCCCNC(=O)c1cc2c(s1)N(c1ccn(C(=O)NC)c(=N)c1)CCO2. The zero-order chi connectivity index (χ0) is 20.8. The molecule has 3 N–H and O–H groups in total. The predicted molar refractivity (Wildman–Crippen MR) is 113 cm³/mol. The Balaban J connectivity index is 1.76. The van der Waals surface area contributed by atoms with Gasteiger partial charge in [-0.3, -0.25) is 14.8 Å². The Kier molecular flexibility index (Phi) is 6.92. The zero-order valence-corrected chi connectivity index (χ0v) is 17.6. The van der Waals surface area contributed by atoms with E-state index in [1.807, 2.05) is 4.90 Å². The molecule has 0 unspecified atom stereocenters. The molecular weight excluding hydrogens is 390 g/mol. The standard InChI is InChI=1S/C20H27N5O3S/c1-3-4-5-6-8-23-18(26)16-13-15-19(29-16)24(10-11-28-15)14-7-9-25(17(21)12-14)20(27)22-2/h7,9,12-13,21H,3-6,8,10-11H2,1-2H3,(H,22,27)(H,23,26). The molecule has 0 atom stereocenters. The van der Waals surface area contributed by atoms with Gasteiger partial charge in [-0.05, 0) is 12.5 Å². The molecule has 0 aliphatic carbocycles. The number of unbranched alkanes of at least 4 members (excludes halogenated alkanes) is 3. The molecule has 8 nitrogen and oxygen atoms in total. The minimum Gasteiger partial charge on any atom is -0.489 e. The monoisotopic (exact) mass is 417 g/mol. The first-order valence-corrected chi connectivity index (χ1v) is 10.7. The van der Waals surface area contributed by atoms with Gasteiger partial charge in [0, 0.05) is 37.6 Å². The minimum atomic E-state index is -0.363. The van der Waals surface area contributed by atoms with Crippen LogP contribution in [0.25, 0.3) is 0 Å². The van der Waals surface area contributed by atoms with Crippen LogP contribution in [0.1, 0.15) is 42.3 Å². The van der Waals surface area contributed by atoms with Crippen LogP contribution in [-0.4, -0.2) is 43.2 Å². The summed E-state index contributed by atoms with van der Waals surface area (Å²) >= 11 is 1.38. The minimum absolute atomic E-state index is 0.0801. The number of hydrogen-bond donors (Lipinski definition) is 3. The number of carbonyl (C=O) groups is 2. The number of aromatic nitrogens is 1. The Morgan fingerprint density at radius 1 is 1.28 bits per heavy atom. The average molecular weight is 418 g/mol. The normalized spacial score (nSPS) is 12.8. The van der Waals surface area contributed by atoms with E-state index in [9.17, 15) is 9.59 Å². The number of amides is 2. The maximum Gasteiger partial charge on any atom is 0.326 e. The first-order chi connectivity index (χ1) is 14.0. The Labute approximate surface area is 174 Å². The second kappa shape index (κ2) is 9.60. The molecule has 0 spiro atoms. The van der Waals surface area contributed by atoms with Crippen LogP contribution in [0, 0.1) is 5.41 Å². The topological polar surface area (TPSA) is 99.5 Å². The Hall–Kier alpha value is -2.81. The maximum atomic E-state index is 12.5. The fourth-order valence-corrected chi connectivity index (χ4v) is 4.22. The van der Waals surface area contributed by atoms with Crippen molar-refractivity contribution in [2.45, 2.75) is 32.6 Å². The van der Waals surface area contributed by atoms with Crippen LogP contribution in [0.4, 0.5) is 15.5 Å². The molecule has 3 rings (SSSR count). The Morgan fingerprint density at radius 2 is 2.10 bits per heavy atom. The molecule has 2 aromatic heterocycles. The van der Waals surface area contributed by atoms with Gasteiger partial charge in [0.15, 0.2) is 5.75 Å². The van der Waals surface area contributed by atoms with Gasteiger partial charge >= 0.3 is 6.03 Å². The zero-order valence-electron chi connectivity index (χ0n) is 16.8. The van der Waals surface area contributed by atoms with Gasteiger partial charge in [-0.15, -0.1) is 11.3 Å². The molecule has 0 saturated heterocycles. The number of pyridine rings is 1. The number of fused-ring (bicyclic) bond motifs is 1. The maximum absolute atomic E-state index is 12.5. The molecule has 156 valence electrons. The van der Waals surface area contributed by atoms with E-state index >= 15 is 0 Å². The molecule has 2 aromatic rings. The number of carbonyl (C=O) groups excluding carboxylic acids is 2. The second-order valence-electron chi connectivity index (χ2n) is 6.79. The summed E-state index contributed by atoms with van der Waals surface area (Å²) in [5.74, 6) is 0.586. The fraction of sp³-hybridized carbons (Fsp3) is 0.450. The third-order valence-electron chi connectivity index (χ3n) is 4.72. The predicted octanol–water partition coefficient (Wildman–Crippen LogP) is 3.06. The van der Waals surface area contributed by atoms with Gasteiger partial charge in [0.25, 0.3) is 5.91 Å². The van der Waals surface area contributed by atoms with Crippen LogP contribution in [0.3, 0.4) is 0 Å². The second-order valence-corrected chi connectivity index (χ2v) is 7.82. The van der Waals surface area contributed by atoms with Crippen LogP contribution in [-0.2, 0) is 0 Å². The molecule has 0 bridgehead atoms. The van der Waals surface area contributed by atoms with Crippen LogP contribution in [0.2, 0.25) is 0 Å². The van der Waals surface area contributed by atoms with Crippen LogP contribution in [0.5, 0.6) is 5.75 Å². The molecule has 0 saturated carbocycles. The molecule has 1 aliphatic heterocycles. The summed E-state index contributed by atoms with van der Waals surface area (Å²) < 4.78 is 6.98. The molecule has 9 heteroatoms. The number of hydrogen-bond acceptors (Lipinski definition) is 6. The highest BCUT2D eigenvalue weighted by molar-refractivity contribution is 7.18. The van der Waals surface area contributed by atoms with Crippen molar-refractivity contribution < 1.29 is 14.3 Å². The van der Waals surface area contributed by atoms with Gasteiger partial charge in [0.1, 0.15) is 17.1 Å². The van der Waals surface area contributed by atoms with Gasteiger partial charge in [0.05, 0.1) is 11.4 Å². The van der Waals surface area contributed by atoms with E-state index in [2.05, 4.69) is 17.6 Å². The molecule has 0 radical (unpaired) electrons. The summed E-state index contributed by atoms with van der Waals surface area (Å²) in [6.45, 7) is 3.93. The lowest BCUT2D eigenvalue weighted by molar-refractivity contribution is 0.0956. The lowest BCUT2D eigenvalue weighted by Crippen LogP contribution is -2.34. The number of rotatable bonds is 7. The van der Waals surface area contributed by atoms with E-state index in [0.717, 1.165) is 23.5 Å². The number of ether oxygens (including phenoxy) is 1. The number of nitrogens with one attached hydrogen (secondary N) is 3. The first kappa shape index (κ1) is 20.9. The van der Waals surface area contributed by atoms with Crippen LogP contribution in [0.15, 0.2) is 24.4 Å². The highest BCUT2D eigenvalue weighted by Gasteiger charge is 2.25. The van der Waals surface area contributed by atoms with Gasteiger partial charge in [-0.2, -0.15) is 0 Å². The van der Waals surface area contributed by atoms with Crippen molar-refractivity contribution in [3.05, 3.63) is 34.8 Å². The van der Waals surface area contributed by atoms with Gasteiger partial charge in [-0.1, -0.05) is 26.2 Å². The van der Waals surface area contributed by atoms with Gasteiger partial charge < -0.3 is 20.3 Å². The average Bonchev–Trinajstić information content (AvgIpc) is 3.17. The summed E-state index contributed by atoms with van der Waals surface area (Å²) in [6, 6.07) is 4.84. The van der Waals surface area contributed by atoms with E-state index in [1.54, 1.807) is 24.4 Å². The summed E-state index contributed by atoms with van der Waals surface area (Å²) in [6.07, 6.45) is 6.02. The summed E-state index contributed by atoms with van der Waals surface area (Å²) in [5.41, 5.74) is 0.865. The van der Waals surface area contributed by atoms with Crippen LogP contribution < -0.4 is 25.8 Å². The van der Waals surface area contributed by atoms with Crippen molar-refractivity contribution in [3.63, 3.8) is 0 Å². The molecule has 1 aliphatic rings. The van der Waals surface area contributed by atoms with Crippen molar-refractivity contribution in [2.75, 3.05) is 31.6 Å². The highest BCUT2D eigenvalue weighted by atomic mass is 32.1. The van der Waals surface area contributed by atoms with Crippen molar-refractivity contribution in [3.8, 4) is 5.75 Å². The highest BCUT2D eigenvalue weighted by Crippen LogP contribution is 2.43. The van der Waals surface area contributed by atoms with Crippen molar-refractivity contribution in [2.24, 2.45) is 0 Å². The van der Waals surface area contributed by atoms with Gasteiger partial charge in [0.2, 0.25) is 0 Å². The Bertz CT molecular complexity index is 936. The smallest absolute Gasteiger partial charge is 0.326 e. The lowest BCUT2D eigenvalue weighted by atomic mass is 10.2. The molecule has 0 aromatic carbocycles. The molecule has 3 heterocycles. The van der Waals surface area contributed by atoms with Crippen LogP contribution >= 0.6 is 11.3 Å². The third kappa shape index (κ3) is 4.79. The van der Waals surface area contributed by atoms with E-state index in [4.69, 9.17) is 10.1 Å². The lowest BCUT2D eigenvalue weighted by Gasteiger charge is -2.28. The quantitative estimate of drug-likeness (QED) is 0.603. The van der Waals surface area contributed by atoms with Crippen molar-refractivity contribution in [1.29, 1.82) is 5.41 Å². The number of nitrogens with zero attached hydrogens (tertiary/aromatic N) is 2. The summed E-state index contributed by atoms with van der Waals surface area (Å²) in [5, 5.41) is 14.5. The van der Waals surface area contributed by atoms with Crippen molar-refractivity contribution >= 4 is 34.0 Å². The number of anilines is 2. The molecular formula is C20H27N5O3S. The van der Waals surface area contributed by atoms with E-state index in [0.29, 0.717) is 30.3 Å². The Morgan fingerprint density at radius 3 is 2.83 bits per heavy atom. The first-order valence-electron chi connectivity index (χ1n) is 9.87. The largest absolute Gasteiger partial charge is 0.489 e.